The molecule has 2 heterocycles. The number of rotatable bonds is 4. The fourth-order valence-electron chi connectivity index (χ4n) is 3.04. The Hall–Kier alpha value is -3.88. The van der Waals surface area contributed by atoms with Gasteiger partial charge < -0.3 is 10.1 Å². The minimum atomic E-state index is -4.65. The third kappa shape index (κ3) is 3.69. The van der Waals surface area contributed by atoms with Gasteiger partial charge in [0.25, 0.3) is 5.91 Å². The number of fused-ring (bicyclic) bond motifs is 1. The van der Waals surface area contributed by atoms with E-state index in [0.29, 0.717) is 17.0 Å². The van der Waals surface area contributed by atoms with Crippen molar-refractivity contribution in [3.8, 4) is 11.4 Å². The lowest BCUT2D eigenvalue weighted by molar-refractivity contribution is -0.145. The van der Waals surface area contributed by atoms with Crippen LogP contribution < -0.4 is 10.1 Å². The highest BCUT2D eigenvalue weighted by atomic mass is 19.4. The van der Waals surface area contributed by atoms with Crippen molar-refractivity contribution in [3.05, 3.63) is 78.4 Å². The van der Waals surface area contributed by atoms with E-state index in [9.17, 15) is 18.0 Å². The molecule has 0 saturated carbocycles. The van der Waals surface area contributed by atoms with Crippen molar-refractivity contribution in [2.75, 3.05) is 12.4 Å². The summed E-state index contributed by atoms with van der Waals surface area (Å²) in [6.07, 6.45) is -1.66. The maximum Gasteiger partial charge on any atom is 0.450 e. The van der Waals surface area contributed by atoms with Crippen LogP contribution in [0.5, 0.6) is 5.75 Å². The van der Waals surface area contributed by atoms with Gasteiger partial charge in [0.2, 0.25) is 5.82 Å². The topological polar surface area (TPSA) is 69.0 Å². The first-order chi connectivity index (χ1) is 14.4. The zero-order valence-corrected chi connectivity index (χ0v) is 15.6. The summed E-state index contributed by atoms with van der Waals surface area (Å²) in [6, 6.07) is 13.7. The predicted molar refractivity (Wildman–Crippen MR) is 105 cm³/mol. The number of hydrogen-bond acceptors (Lipinski definition) is 4. The molecule has 0 aliphatic heterocycles. The molecule has 0 radical (unpaired) electrons. The number of halogens is 3. The molecular weight excluding hydrogens is 397 g/mol. The Morgan fingerprint density at radius 2 is 1.73 bits per heavy atom. The van der Waals surface area contributed by atoms with Gasteiger partial charge in [0.05, 0.1) is 18.1 Å². The summed E-state index contributed by atoms with van der Waals surface area (Å²) in [5.74, 6) is -0.976. The second kappa shape index (κ2) is 7.51. The molecule has 2 aromatic carbocycles. The number of carbonyl (C=O) groups excluding carboxylic acids is 1. The lowest BCUT2D eigenvalue weighted by atomic mass is 10.2. The molecule has 1 amide bonds. The number of aromatic nitrogens is 3. The van der Waals surface area contributed by atoms with Gasteiger partial charge in [0.1, 0.15) is 5.75 Å². The van der Waals surface area contributed by atoms with E-state index in [1.165, 1.54) is 55.9 Å². The van der Waals surface area contributed by atoms with Crippen molar-refractivity contribution in [1.82, 2.24) is 14.5 Å². The van der Waals surface area contributed by atoms with E-state index in [4.69, 9.17) is 4.74 Å². The Balaban J connectivity index is 1.71. The Morgan fingerprint density at radius 1 is 1.03 bits per heavy atom. The summed E-state index contributed by atoms with van der Waals surface area (Å²) in [4.78, 5) is 19.8. The maximum atomic E-state index is 13.6. The number of alkyl halides is 3. The molecule has 0 spiro atoms. The average molecular weight is 412 g/mol. The molecule has 9 heteroatoms. The second-order valence-electron chi connectivity index (χ2n) is 6.36. The van der Waals surface area contributed by atoms with Crippen LogP contribution in [0, 0.1) is 0 Å². The van der Waals surface area contributed by atoms with Gasteiger partial charge in [0.15, 0.2) is 0 Å². The minimum absolute atomic E-state index is 0.164. The summed E-state index contributed by atoms with van der Waals surface area (Å²) in [5.41, 5.74) is 1.58. The summed E-state index contributed by atoms with van der Waals surface area (Å²) in [7, 11) is 1.43. The molecule has 0 atom stereocenters. The zero-order chi connectivity index (χ0) is 21.3. The molecule has 2 aromatic heterocycles. The molecule has 0 fully saturated rings. The molecule has 152 valence electrons. The number of carbonyl (C=O) groups is 1. The van der Waals surface area contributed by atoms with Gasteiger partial charge in [-0.3, -0.25) is 14.3 Å². The van der Waals surface area contributed by atoms with Crippen LogP contribution in [0.15, 0.2) is 67.0 Å². The first-order valence-corrected chi connectivity index (χ1v) is 8.82. The number of methoxy groups -OCH3 is 1. The van der Waals surface area contributed by atoms with Crippen molar-refractivity contribution in [3.63, 3.8) is 0 Å². The Labute approximate surface area is 169 Å². The monoisotopic (exact) mass is 412 g/mol. The van der Waals surface area contributed by atoms with Crippen LogP contribution in [0.2, 0.25) is 0 Å². The summed E-state index contributed by atoms with van der Waals surface area (Å²) < 4.78 is 47.0. The Kier molecular flexibility index (Phi) is 4.86. The number of imidazole rings is 1. The van der Waals surface area contributed by atoms with E-state index in [1.807, 2.05) is 0 Å². The van der Waals surface area contributed by atoms with Crippen molar-refractivity contribution in [2.45, 2.75) is 6.18 Å². The molecule has 0 aliphatic carbocycles. The molecule has 0 saturated heterocycles. The number of hydrogen-bond donors (Lipinski definition) is 1. The van der Waals surface area contributed by atoms with Crippen LogP contribution in [-0.2, 0) is 6.18 Å². The summed E-state index contributed by atoms with van der Waals surface area (Å²) in [6.45, 7) is 0. The first-order valence-electron chi connectivity index (χ1n) is 8.82. The number of benzene rings is 2. The number of ether oxygens (including phenoxy) is 1. The second-order valence-corrected chi connectivity index (χ2v) is 6.36. The van der Waals surface area contributed by atoms with Crippen LogP contribution in [0.4, 0.5) is 18.9 Å². The van der Waals surface area contributed by atoms with E-state index in [1.54, 1.807) is 18.2 Å². The zero-order valence-electron chi connectivity index (χ0n) is 15.6. The molecule has 0 bridgehead atoms. The predicted octanol–water partition coefficient (Wildman–Crippen LogP) is 4.70. The third-order valence-electron chi connectivity index (χ3n) is 4.44. The fraction of sp³-hybridized carbons (Fsp3) is 0.0952. The highest BCUT2D eigenvalue weighted by Crippen LogP contribution is 2.35. The standard InChI is InChI=1S/C21H15F3N4O2/c1-30-16-6-7-18-17(12-16)27-20(21(22,23)24)28(18)15-4-2-14(3-5-15)26-19(29)13-8-10-25-11-9-13/h2-12H,1H3,(H,26,29). The largest absolute Gasteiger partial charge is 0.497 e. The fourth-order valence-corrected chi connectivity index (χ4v) is 3.04. The van der Waals surface area contributed by atoms with Crippen molar-refractivity contribution >= 4 is 22.6 Å². The van der Waals surface area contributed by atoms with Crippen LogP contribution in [-0.4, -0.2) is 27.6 Å². The van der Waals surface area contributed by atoms with Gasteiger partial charge in [-0.1, -0.05) is 0 Å². The number of nitrogens with zero attached hydrogens (tertiary/aromatic N) is 3. The quantitative estimate of drug-likeness (QED) is 0.528. The van der Waals surface area contributed by atoms with E-state index < -0.39 is 12.0 Å². The normalized spacial score (nSPS) is 11.5. The number of amides is 1. The van der Waals surface area contributed by atoms with Gasteiger partial charge >= 0.3 is 6.18 Å². The van der Waals surface area contributed by atoms with Gasteiger partial charge in [-0.2, -0.15) is 13.2 Å². The van der Waals surface area contributed by atoms with Gasteiger partial charge in [0, 0.05) is 35.4 Å². The highest BCUT2D eigenvalue weighted by Gasteiger charge is 2.38. The third-order valence-corrected chi connectivity index (χ3v) is 4.44. The molecule has 4 rings (SSSR count). The molecule has 6 nitrogen and oxygen atoms in total. The minimum Gasteiger partial charge on any atom is -0.497 e. The number of anilines is 1. The maximum absolute atomic E-state index is 13.6. The van der Waals surface area contributed by atoms with Crippen molar-refractivity contribution in [1.29, 1.82) is 0 Å². The Morgan fingerprint density at radius 3 is 2.37 bits per heavy atom. The molecule has 4 aromatic rings. The average Bonchev–Trinajstić information content (AvgIpc) is 3.14. The highest BCUT2D eigenvalue weighted by molar-refractivity contribution is 6.04. The van der Waals surface area contributed by atoms with Crippen molar-refractivity contribution < 1.29 is 22.7 Å². The summed E-state index contributed by atoms with van der Waals surface area (Å²) >= 11 is 0. The molecule has 0 aliphatic rings. The van der Waals surface area contributed by atoms with Crippen LogP contribution in [0.1, 0.15) is 16.2 Å². The Bertz CT molecular complexity index is 1200. The molecule has 0 unspecified atom stereocenters. The number of nitrogens with one attached hydrogen (secondary N) is 1. The first kappa shape index (κ1) is 19.4. The number of pyridine rings is 1. The van der Waals surface area contributed by atoms with Crippen molar-refractivity contribution in [2.24, 2.45) is 0 Å². The van der Waals surface area contributed by atoms with E-state index in [2.05, 4.69) is 15.3 Å². The lowest BCUT2D eigenvalue weighted by Gasteiger charge is -2.12. The van der Waals surface area contributed by atoms with Gasteiger partial charge in [-0.05, 0) is 48.5 Å². The van der Waals surface area contributed by atoms with Gasteiger partial charge in [-0.15, -0.1) is 0 Å². The van der Waals surface area contributed by atoms with Crippen LogP contribution in [0.25, 0.3) is 16.7 Å². The lowest BCUT2D eigenvalue weighted by Crippen LogP contribution is -2.14. The van der Waals surface area contributed by atoms with Crippen LogP contribution >= 0.6 is 0 Å². The van der Waals surface area contributed by atoms with E-state index >= 15 is 0 Å². The smallest absolute Gasteiger partial charge is 0.450 e. The molecule has 1 N–H and O–H groups in total. The van der Waals surface area contributed by atoms with E-state index in [-0.39, 0.29) is 22.6 Å². The van der Waals surface area contributed by atoms with Crippen LogP contribution in [0.3, 0.4) is 0 Å². The molecular formula is C21H15F3N4O2. The van der Waals surface area contributed by atoms with E-state index in [0.717, 1.165) is 4.57 Å². The molecule has 30 heavy (non-hydrogen) atoms. The SMILES string of the molecule is COc1ccc2c(c1)nc(C(F)(F)F)n2-c1ccc(NC(=O)c2ccncc2)cc1. The van der Waals surface area contributed by atoms with Gasteiger partial charge in [-0.25, -0.2) is 4.98 Å². The summed E-state index contributed by atoms with van der Waals surface area (Å²) in [5, 5.41) is 2.70.